The van der Waals surface area contributed by atoms with Crippen molar-refractivity contribution in [1.29, 1.82) is 0 Å². The van der Waals surface area contributed by atoms with E-state index < -0.39 is 30.4 Å². The molecule has 0 unspecified atom stereocenters. The van der Waals surface area contributed by atoms with Crippen LogP contribution in [0.15, 0.2) is 53.1 Å². The van der Waals surface area contributed by atoms with Gasteiger partial charge in [-0.3, -0.25) is 19.7 Å². The van der Waals surface area contributed by atoms with Gasteiger partial charge in [-0.05, 0) is 24.6 Å². The molecule has 4 amide bonds. The number of carbonyl (C=O) groups is 4. The molecular formula is C21H23N3O6. The van der Waals surface area contributed by atoms with Crippen LogP contribution in [0.1, 0.15) is 30.7 Å². The van der Waals surface area contributed by atoms with Crippen LogP contribution in [-0.4, -0.2) is 41.9 Å². The molecule has 0 bridgehead atoms. The van der Waals surface area contributed by atoms with Gasteiger partial charge in [0.1, 0.15) is 5.76 Å². The molecule has 30 heavy (non-hydrogen) atoms. The number of benzene rings is 1. The first-order valence-corrected chi connectivity index (χ1v) is 9.55. The monoisotopic (exact) mass is 413 g/mol. The van der Waals surface area contributed by atoms with Gasteiger partial charge in [-0.1, -0.05) is 30.3 Å². The Labute approximate surface area is 173 Å². The fourth-order valence-corrected chi connectivity index (χ4v) is 3.22. The number of nitrogens with one attached hydrogen (secondary N) is 2. The number of nitrogens with zero attached hydrogens (tertiary/aromatic N) is 1. The molecule has 9 heteroatoms. The van der Waals surface area contributed by atoms with Crippen LogP contribution in [0.3, 0.4) is 0 Å². The summed E-state index contributed by atoms with van der Waals surface area (Å²) in [6.07, 6.45) is 1.50. The first-order chi connectivity index (χ1) is 14.4. The summed E-state index contributed by atoms with van der Waals surface area (Å²) in [5.74, 6) is -1.67. The smallest absolute Gasteiger partial charge is 0.321 e. The lowest BCUT2D eigenvalue weighted by Gasteiger charge is -2.25. The van der Waals surface area contributed by atoms with Crippen molar-refractivity contribution >= 4 is 23.8 Å². The first-order valence-electron chi connectivity index (χ1n) is 9.55. The molecule has 3 rings (SSSR count). The van der Waals surface area contributed by atoms with Crippen LogP contribution in [0.25, 0.3) is 0 Å². The Morgan fingerprint density at radius 1 is 1.20 bits per heavy atom. The molecule has 0 radical (unpaired) electrons. The minimum atomic E-state index is -0.765. The van der Waals surface area contributed by atoms with Crippen LogP contribution >= 0.6 is 0 Å². The lowest BCUT2D eigenvalue weighted by molar-refractivity contribution is -0.152. The number of rotatable bonds is 7. The number of imide groups is 1. The van der Waals surface area contributed by atoms with Crippen molar-refractivity contribution in [3.63, 3.8) is 0 Å². The van der Waals surface area contributed by atoms with Crippen LogP contribution in [0.4, 0.5) is 4.79 Å². The number of hydrogen-bond donors (Lipinski definition) is 2. The Hall–Kier alpha value is -3.62. The summed E-state index contributed by atoms with van der Waals surface area (Å²) in [5, 5.41) is 4.50. The molecule has 0 saturated carbocycles. The van der Waals surface area contributed by atoms with Gasteiger partial charge < -0.3 is 19.4 Å². The highest BCUT2D eigenvalue weighted by Gasteiger charge is 2.38. The summed E-state index contributed by atoms with van der Waals surface area (Å²) in [6.45, 7) is 1.63. The number of furan rings is 1. The predicted molar refractivity (Wildman–Crippen MR) is 105 cm³/mol. The van der Waals surface area contributed by atoms with Crippen LogP contribution in [0.5, 0.6) is 0 Å². The minimum absolute atomic E-state index is 0.0290. The van der Waals surface area contributed by atoms with Gasteiger partial charge in [-0.15, -0.1) is 0 Å². The number of urea groups is 1. The molecule has 1 fully saturated rings. The number of esters is 1. The van der Waals surface area contributed by atoms with Crippen molar-refractivity contribution in [1.82, 2.24) is 15.5 Å². The van der Waals surface area contributed by atoms with Crippen LogP contribution in [0, 0.1) is 5.92 Å². The quantitative estimate of drug-likeness (QED) is 0.668. The highest BCUT2D eigenvalue weighted by Crippen LogP contribution is 2.28. The van der Waals surface area contributed by atoms with Crippen LogP contribution in [-0.2, 0) is 25.7 Å². The third-order valence-corrected chi connectivity index (χ3v) is 4.84. The van der Waals surface area contributed by atoms with E-state index in [4.69, 9.17) is 9.15 Å². The van der Waals surface area contributed by atoms with Crippen LogP contribution in [0.2, 0.25) is 0 Å². The first kappa shape index (κ1) is 21.1. The Morgan fingerprint density at radius 3 is 2.67 bits per heavy atom. The summed E-state index contributed by atoms with van der Waals surface area (Å²) < 4.78 is 10.1. The normalized spacial score (nSPS) is 16.8. The van der Waals surface area contributed by atoms with E-state index in [1.807, 2.05) is 37.3 Å². The lowest BCUT2D eigenvalue weighted by Crippen LogP contribution is -2.41. The standard InChI is InChI=1S/C21H23N3O6/c1-14(15-6-3-2-4-7-15)24-12-16(10-19(24)26)20(27)30-13-18(25)23-21(28)22-11-17-8-5-9-29-17/h2-9,14,16H,10-13H2,1H3,(H2,22,23,25,28)/t14-,16+/m1/s1. The van der Waals surface area contributed by atoms with Gasteiger partial charge in [0, 0.05) is 13.0 Å². The summed E-state index contributed by atoms with van der Waals surface area (Å²) in [5.41, 5.74) is 0.972. The van der Waals surface area contributed by atoms with Gasteiger partial charge >= 0.3 is 12.0 Å². The highest BCUT2D eigenvalue weighted by atomic mass is 16.5. The van der Waals surface area contributed by atoms with Crippen molar-refractivity contribution < 1.29 is 28.3 Å². The van der Waals surface area contributed by atoms with Crippen LogP contribution < -0.4 is 10.6 Å². The van der Waals surface area contributed by atoms with Gasteiger partial charge in [0.25, 0.3) is 5.91 Å². The third-order valence-electron chi connectivity index (χ3n) is 4.84. The summed E-state index contributed by atoms with van der Waals surface area (Å²) >= 11 is 0. The fourth-order valence-electron chi connectivity index (χ4n) is 3.22. The Bertz CT molecular complexity index is 897. The molecule has 1 aliphatic heterocycles. The molecule has 158 valence electrons. The maximum absolute atomic E-state index is 12.3. The van der Waals surface area contributed by atoms with Gasteiger partial charge in [0.05, 0.1) is 24.8 Å². The number of ether oxygens (including phenoxy) is 1. The molecule has 0 spiro atoms. The zero-order chi connectivity index (χ0) is 21.5. The fraction of sp³-hybridized carbons (Fsp3) is 0.333. The van der Waals surface area contributed by atoms with Gasteiger partial charge in [-0.2, -0.15) is 0 Å². The molecule has 2 atom stereocenters. The van der Waals surface area contributed by atoms with E-state index in [0.29, 0.717) is 5.76 Å². The molecule has 2 heterocycles. The second-order valence-electron chi connectivity index (χ2n) is 6.95. The second-order valence-corrected chi connectivity index (χ2v) is 6.95. The minimum Gasteiger partial charge on any atom is -0.467 e. The Kier molecular flexibility index (Phi) is 6.84. The summed E-state index contributed by atoms with van der Waals surface area (Å²) in [6, 6.07) is 12.0. The van der Waals surface area contributed by atoms with E-state index in [1.54, 1.807) is 17.0 Å². The molecule has 2 aromatic rings. The average Bonchev–Trinajstić information content (AvgIpc) is 3.40. The lowest BCUT2D eigenvalue weighted by atomic mass is 10.1. The van der Waals surface area contributed by atoms with E-state index in [2.05, 4.69) is 10.6 Å². The molecule has 1 saturated heterocycles. The van der Waals surface area contributed by atoms with Crippen molar-refractivity contribution in [3.05, 3.63) is 60.1 Å². The van der Waals surface area contributed by atoms with E-state index in [9.17, 15) is 19.2 Å². The van der Waals surface area contributed by atoms with Crippen molar-refractivity contribution in [2.75, 3.05) is 13.2 Å². The van der Waals surface area contributed by atoms with Crippen molar-refractivity contribution in [2.24, 2.45) is 5.92 Å². The summed E-state index contributed by atoms with van der Waals surface area (Å²) in [4.78, 5) is 49.7. The highest BCUT2D eigenvalue weighted by molar-refractivity contribution is 5.96. The zero-order valence-corrected chi connectivity index (χ0v) is 16.5. The number of carbonyl (C=O) groups excluding carboxylic acids is 4. The molecular weight excluding hydrogens is 390 g/mol. The van der Waals surface area contributed by atoms with Gasteiger partial charge in [0.15, 0.2) is 6.61 Å². The molecule has 0 aliphatic carbocycles. The third kappa shape index (κ3) is 5.47. The second kappa shape index (κ2) is 9.73. The maximum Gasteiger partial charge on any atom is 0.321 e. The largest absolute Gasteiger partial charge is 0.467 e. The Balaban J connectivity index is 1.42. The van der Waals surface area contributed by atoms with Gasteiger partial charge in [0.2, 0.25) is 5.91 Å². The Morgan fingerprint density at radius 2 is 1.97 bits per heavy atom. The van der Waals surface area contributed by atoms with E-state index in [-0.39, 0.29) is 31.5 Å². The molecule has 1 aliphatic rings. The molecule has 9 nitrogen and oxygen atoms in total. The number of likely N-dealkylation sites (tertiary alicyclic amines) is 1. The summed E-state index contributed by atoms with van der Waals surface area (Å²) in [7, 11) is 0. The maximum atomic E-state index is 12.3. The van der Waals surface area contributed by atoms with Crippen molar-refractivity contribution in [3.8, 4) is 0 Å². The number of hydrogen-bond acceptors (Lipinski definition) is 6. The SMILES string of the molecule is C[C@H](c1ccccc1)N1C[C@@H](C(=O)OCC(=O)NC(=O)NCc2ccco2)CC1=O. The van der Waals surface area contributed by atoms with Gasteiger partial charge in [-0.25, -0.2) is 4.79 Å². The van der Waals surface area contributed by atoms with Crippen molar-refractivity contribution in [2.45, 2.75) is 25.9 Å². The zero-order valence-electron chi connectivity index (χ0n) is 16.5. The molecule has 1 aromatic carbocycles. The average molecular weight is 413 g/mol. The topological polar surface area (TPSA) is 118 Å². The molecule has 1 aromatic heterocycles. The van der Waals surface area contributed by atoms with E-state index in [0.717, 1.165) is 5.56 Å². The van der Waals surface area contributed by atoms with E-state index >= 15 is 0 Å². The molecule has 2 N–H and O–H groups in total. The predicted octanol–water partition coefficient (Wildman–Crippen LogP) is 1.76. The number of amides is 4. The van der Waals surface area contributed by atoms with E-state index in [1.165, 1.54) is 6.26 Å².